The normalized spacial score (nSPS) is 64.5. The zero-order chi connectivity index (χ0) is 14.6. The zero-order valence-corrected chi connectivity index (χ0v) is 13.7. The van der Waals surface area contributed by atoms with Crippen molar-refractivity contribution in [1.82, 2.24) is 0 Å². The Kier molecular flexibility index (Phi) is 2.35. The average molecular weight is 304 g/mol. The van der Waals surface area contributed by atoms with Gasteiger partial charge in [0.1, 0.15) is 0 Å². The SMILES string of the molecule is CCC1CCC2(CC1)OOC1(O2)C2CC3CC4CC1CC34C2. The minimum atomic E-state index is -0.402. The van der Waals surface area contributed by atoms with Gasteiger partial charge in [-0.2, -0.15) is 9.78 Å². The molecule has 5 aliphatic carbocycles. The summed E-state index contributed by atoms with van der Waals surface area (Å²) in [6.45, 7) is 2.31. The van der Waals surface area contributed by atoms with Crippen LogP contribution in [0.2, 0.25) is 0 Å². The van der Waals surface area contributed by atoms with Crippen molar-refractivity contribution in [2.24, 2.45) is 35.0 Å². The molecule has 4 atom stereocenters. The minimum absolute atomic E-state index is 0.369. The van der Waals surface area contributed by atoms with E-state index in [2.05, 4.69) is 6.92 Å². The summed E-state index contributed by atoms with van der Waals surface area (Å²) in [6, 6.07) is 0. The van der Waals surface area contributed by atoms with Crippen LogP contribution in [0.15, 0.2) is 0 Å². The van der Waals surface area contributed by atoms with Crippen molar-refractivity contribution < 1.29 is 14.5 Å². The van der Waals surface area contributed by atoms with Gasteiger partial charge in [0.2, 0.25) is 11.6 Å². The Bertz CT molecular complexity index is 483. The summed E-state index contributed by atoms with van der Waals surface area (Å²) in [5.41, 5.74) is 0.711. The van der Waals surface area contributed by atoms with Crippen LogP contribution in [-0.2, 0) is 14.5 Å². The van der Waals surface area contributed by atoms with Crippen molar-refractivity contribution >= 4 is 0 Å². The Morgan fingerprint density at radius 2 is 1.50 bits per heavy atom. The fourth-order valence-electron chi connectivity index (χ4n) is 7.59. The molecule has 0 aromatic rings. The largest absolute Gasteiger partial charge is 0.312 e. The van der Waals surface area contributed by atoms with E-state index in [1.165, 1.54) is 51.4 Å². The Morgan fingerprint density at radius 3 is 2.14 bits per heavy atom. The van der Waals surface area contributed by atoms with E-state index in [-0.39, 0.29) is 5.79 Å². The third-order valence-corrected chi connectivity index (χ3v) is 8.84. The maximum absolute atomic E-state index is 6.79. The Hall–Kier alpha value is -0.120. The summed E-state index contributed by atoms with van der Waals surface area (Å²) in [5, 5.41) is 0. The molecule has 22 heavy (non-hydrogen) atoms. The quantitative estimate of drug-likeness (QED) is 0.671. The molecule has 0 radical (unpaired) electrons. The van der Waals surface area contributed by atoms with Crippen LogP contribution >= 0.6 is 0 Å². The van der Waals surface area contributed by atoms with Gasteiger partial charge in [0.05, 0.1) is 0 Å². The number of hydrogen-bond donors (Lipinski definition) is 0. The Morgan fingerprint density at radius 1 is 0.864 bits per heavy atom. The Labute approximate surface area is 133 Å². The Balaban J connectivity index is 1.29. The molecule has 1 heterocycles. The van der Waals surface area contributed by atoms with Gasteiger partial charge >= 0.3 is 0 Å². The van der Waals surface area contributed by atoms with E-state index in [9.17, 15) is 0 Å². The molecular weight excluding hydrogens is 276 g/mol. The smallest absolute Gasteiger partial charge is 0.210 e. The van der Waals surface area contributed by atoms with Crippen LogP contribution in [0.1, 0.15) is 71.1 Å². The standard InChI is InChI=1S/C19H28O3/c1-2-12-3-5-18(6-4-12)20-19(22-21-18)15-8-13-7-14-9-16(19)11-17(13,14)10-15/h12-16H,2-11H2,1H3. The van der Waals surface area contributed by atoms with Gasteiger partial charge in [-0.25, -0.2) is 0 Å². The van der Waals surface area contributed by atoms with Crippen molar-refractivity contribution in [3.8, 4) is 0 Å². The third-order valence-electron chi connectivity index (χ3n) is 8.84. The van der Waals surface area contributed by atoms with Gasteiger partial charge in [-0.05, 0) is 68.1 Å². The fourth-order valence-corrected chi connectivity index (χ4v) is 7.59. The number of ether oxygens (including phenoxy) is 1. The summed E-state index contributed by atoms with van der Waals surface area (Å²) < 4.78 is 6.79. The fraction of sp³-hybridized carbons (Fsp3) is 1.00. The van der Waals surface area contributed by atoms with Crippen LogP contribution in [0.25, 0.3) is 0 Å². The summed E-state index contributed by atoms with van der Waals surface area (Å²) in [6.07, 6.45) is 12.7. The van der Waals surface area contributed by atoms with Gasteiger partial charge in [-0.3, -0.25) is 0 Å². The molecule has 0 amide bonds. The maximum Gasteiger partial charge on any atom is 0.210 e. The molecule has 3 nitrogen and oxygen atoms in total. The zero-order valence-electron chi connectivity index (χ0n) is 13.7. The molecule has 5 saturated carbocycles. The van der Waals surface area contributed by atoms with Gasteiger partial charge in [0.15, 0.2) is 0 Å². The summed E-state index contributed by atoms with van der Waals surface area (Å²) in [5.74, 6) is 3.25. The van der Waals surface area contributed by atoms with E-state index in [1.54, 1.807) is 0 Å². The second-order valence-electron chi connectivity index (χ2n) is 9.39. The van der Waals surface area contributed by atoms with Gasteiger partial charge < -0.3 is 4.74 Å². The number of fused-ring (bicyclic) bond motifs is 4. The summed E-state index contributed by atoms with van der Waals surface area (Å²) in [7, 11) is 0. The lowest BCUT2D eigenvalue weighted by molar-refractivity contribution is -0.375. The van der Waals surface area contributed by atoms with Crippen LogP contribution in [0.3, 0.4) is 0 Å². The lowest BCUT2D eigenvalue weighted by Crippen LogP contribution is -2.50. The molecule has 1 saturated heterocycles. The molecule has 6 fully saturated rings. The summed E-state index contributed by atoms with van der Waals surface area (Å²) >= 11 is 0. The van der Waals surface area contributed by atoms with E-state index >= 15 is 0 Å². The van der Waals surface area contributed by atoms with Crippen LogP contribution in [0.4, 0.5) is 0 Å². The molecule has 1 aliphatic heterocycles. The van der Waals surface area contributed by atoms with Crippen molar-refractivity contribution in [3.05, 3.63) is 0 Å². The van der Waals surface area contributed by atoms with Gasteiger partial charge in [0.25, 0.3) is 0 Å². The summed E-state index contributed by atoms with van der Waals surface area (Å²) in [4.78, 5) is 12.1. The first kappa shape index (κ1) is 13.2. The van der Waals surface area contributed by atoms with Crippen molar-refractivity contribution in [3.63, 3.8) is 0 Å². The first-order valence-corrected chi connectivity index (χ1v) is 9.75. The van der Waals surface area contributed by atoms with E-state index in [4.69, 9.17) is 14.5 Å². The second-order valence-corrected chi connectivity index (χ2v) is 9.39. The lowest BCUT2D eigenvalue weighted by atomic mass is 9.56. The highest BCUT2D eigenvalue weighted by molar-refractivity contribution is 5.21. The monoisotopic (exact) mass is 304 g/mol. The predicted octanol–water partition coefficient (Wildman–Crippen LogP) is 4.41. The first-order valence-electron chi connectivity index (χ1n) is 9.75. The number of rotatable bonds is 1. The van der Waals surface area contributed by atoms with E-state index in [1.807, 2.05) is 0 Å². The van der Waals surface area contributed by atoms with Crippen molar-refractivity contribution in [2.45, 2.75) is 82.7 Å². The molecule has 122 valence electrons. The topological polar surface area (TPSA) is 27.7 Å². The van der Waals surface area contributed by atoms with Crippen LogP contribution in [0, 0.1) is 35.0 Å². The predicted molar refractivity (Wildman–Crippen MR) is 80.4 cm³/mol. The maximum atomic E-state index is 6.79. The first-order chi connectivity index (χ1) is 10.7. The van der Waals surface area contributed by atoms with Crippen LogP contribution in [-0.4, -0.2) is 11.6 Å². The molecular formula is C19H28O3. The van der Waals surface area contributed by atoms with E-state index in [0.29, 0.717) is 17.3 Å². The minimum Gasteiger partial charge on any atom is -0.312 e. The molecule has 4 unspecified atom stereocenters. The molecule has 0 N–H and O–H groups in total. The molecule has 6 rings (SSSR count). The lowest BCUT2D eigenvalue weighted by Gasteiger charge is -2.49. The van der Waals surface area contributed by atoms with Crippen molar-refractivity contribution in [1.29, 1.82) is 0 Å². The van der Waals surface area contributed by atoms with E-state index in [0.717, 1.165) is 30.6 Å². The highest BCUT2D eigenvalue weighted by Crippen LogP contribution is 2.79. The molecule has 3 bridgehead atoms. The molecule has 6 aliphatic rings. The third kappa shape index (κ3) is 1.33. The van der Waals surface area contributed by atoms with Gasteiger partial charge in [0, 0.05) is 24.7 Å². The van der Waals surface area contributed by atoms with Crippen LogP contribution in [0.5, 0.6) is 0 Å². The second kappa shape index (κ2) is 3.92. The van der Waals surface area contributed by atoms with E-state index < -0.39 is 5.79 Å². The highest BCUT2D eigenvalue weighted by Gasteiger charge is 2.77. The average Bonchev–Trinajstić information content (AvgIpc) is 3.11. The van der Waals surface area contributed by atoms with Gasteiger partial charge in [-0.1, -0.05) is 13.3 Å². The molecule has 0 aromatic heterocycles. The van der Waals surface area contributed by atoms with Gasteiger partial charge in [-0.15, -0.1) is 0 Å². The van der Waals surface area contributed by atoms with Crippen LogP contribution < -0.4 is 0 Å². The number of hydrogen-bond acceptors (Lipinski definition) is 3. The molecule has 3 heteroatoms. The molecule has 3 spiro atoms. The van der Waals surface area contributed by atoms with Crippen molar-refractivity contribution in [2.75, 3.05) is 0 Å². The molecule has 0 aromatic carbocycles. The highest BCUT2D eigenvalue weighted by atomic mass is 17.3.